The van der Waals surface area contributed by atoms with E-state index in [0.717, 1.165) is 12.8 Å². The van der Waals surface area contributed by atoms with Crippen LogP contribution in [0, 0.1) is 5.82 Å². The molecule has 1 aliphatic rings. The quantitative estimate of drug-likeness (QED) is 0.846. The van der Waals surface area contributed by atoms with Gasteiger partial charge < -0.3 is 10.6 Å². The number of rotatable bonds is 3. The molecule has 0 unspecified atom stereocenters. The van der Waals surface area contributed by atoms with E-state index in [-0.39, 0.29) is 11.7 Å². The molecule has 92 valence electrons. The molecule has 2 N–H and O–H groups in total. The smallest absolute Gasteiger partial charge is 0.221 e. The van der Waals surface area contributed by atoms with Crippen LogP contribution >= 0.6 is 0 Å². The summed E-state index contributed by atoms with van der Waals surface area (Å²) in [5, 5.41) is 5.85. The van der Waals surface area contributed by atoms with E-state index in [4.69, 9.17) is 0 Å². The average molecular weight is 236 g/mol. The minimum atomic E-state index is -0.272. The van der Waals surface area contributed by atoms with E-state index >= 15 is 0 Å². The van der Waals surface area contributed by atoms with Crippen molar-refractivity contribution in [3.05, 3.63) is 24.0 Å². The summed E-state index contributed by atoms with van der Waals surface area (Å²) in [4.78, 5) is 10.9. The van der Waals surface area contributed by atoms with Crippen molar-refractivity contribution in [1.82, 2.24) is 0 Å². The molecule has 1 aliphatic carbocycles. The van der Waals surface area contributed by atoms with Gasteiger partial charge in [0.25, 0.3) is 0 Å². The number of carbonyl (C=O) groups excluding carboxylic acids is 1. The normalized spacial score (nSPS) is 15.9. The third-order valence-electron chi connectivity index (χ3n) is 3.00. The molecule has 1 saturated carbocycles. The number of benzene rings is 1. The van der Waals surface area contributed by atoms with Crippen molar-refractivity contribution in [3.63, 3.8) is 0 Å². The molecule has 2 rings (SSSR count). The van der Waals surface area contributed by atoms with Crippen LogP contribution in [0.1, 0.15) is 32.6 Å². The van der Waals surface area contributed by atoms with E-state index in [2.05, 4.69) is 10.6 Å². The molecule has 0 heterocycles. The van der Waals surface area contributed by atoms with Gasteiger partial charge in [0, 0.05) is 18.7 Å². The Hall–Kier alpha value is -1.58. The van der Waals surface area contributed by atoms with Crippen molar-refractivity contribution in [3.8, 4) is 0 Å². The van der Waals surface area contributed by atoms with Crippen LogP contribution in [0.2, 0.25) is 0 Å². The predicted molar refractivity (Wildman–Crippen MR) is 66.6 cm³/mol. The molecule has 3 nitrogen and oxygen atoms in total. The molecule has 0 aliphatic heterocycles. The Balaban J connectivity index is 2.10. The van der Waals surface area contributed by atoms with Crippen LogP contribution in [0.25, 0.3) is 0 Å². The Morgan fingerprint density at radius 1 is 1.35 bits per heavy atom. The summed E-state index contributed by atoms with van der Waals surface area (Å²) in [7, 11) is 0. The van der Waals surface area contributed by atoms with Gasteiger partial charge in [-0.15, -0.1) is 0 Å². The topological polar surface area (TPSA) is 41.1 Å². The molecular formula is C13H17FN2O. The minimum Gasteiger partial charge on any atom is -0.380 e. The van der Waals surface area contributed by atoms with E-state index in [9.17, 15) is 9.18 Å². The summed E-state index contributed by atoms with van der Waals surface area (Å²) in [6.07, 6.45) is 4.57. The Morgan fingerprint density at radius 3 is 2.71 bits per heavy atom. The maximum absolute atomic E-state index is 13.6. The Kier molecular flexibility index (Phi) is 3.61. The number of hydrogen-bond donors (Lipinski definition) is 2. The Morgan fingerprint density at radius 2 is 2.06 bits per heavy atom. The van der Waals surface area contributed by atoms with Gasteiger partial charge in [0.05, 0.1) is 5.69 Å². The molecule has 0 atom stereocenters. The van der Waals surface area contributed by atoms with Gasteiger partial charge in [-0.25, -0.2) is 4.39 Å². The fourth-order valence-corrected chi connectivity index (χ4v) is 2.21. The number of anilines is 2. The van der Waals surface area contributed by atoms with Gasteiger partial charge in [-0.2, -0.15) is 0 Å². The zero-order chi connectivity index (χ0) is 12.3. The maximum atomic E-state index is 13.6. The fourth-order valence-electron chi connectivity index (χ4n) is 2.21. The van der Waals surface area contributed by atoms with Crippen molar-refractivity contribution in [1.29, 1.82) is 0 Å². The molecule has 4 heteroatoms. The lowest BCUT2D eigenvalue weighted by Gasteiger charge is -2.15. The largest absolute Gasteiger partial charge is 0.380 e. The summed E-state index contributed by atoms with van der Waals surface area (Å²) < 4.78 is 13.6. The molecule has 1 fully saturated rings. The van der Waals surface area contributed by atoms with E-state index in [1.54, 1.807) is 12.1 Å². The zero-order valence-corrected chi connectivity index (χ0v) is 9.92. The molecule has 0 aromatic heterocycles. The lowest BCUT2D eigenvalue weighted by atomic mass is 10.2. The lowest BCUT2D eigenvalue weighted by molar-refractivity contribution is -0.114. The fraction of sp³-hybridized carbons (Fsp3) is 0.462. The summed E-state index contributed by atoms with van der Waals surface area (Å²) >= 11 is 0. The standard InChI is InChI=1S/C13H17FN2O/c1-9(17)15-11-6-7-12(14)13(8-11)16-10-4-2-3-5-10/h6-8,10,16H,2-5H2,1H3,(H,15,17). The molecule has 0 spiro atoms. The highest BCUT2D eigenvalue weighted by atomic mass is 19.1. The first-order chi connectivity index (χ1) is 8.15. The highest BCUT2D eigenvalue weighted by molar-refractivity contribution is 5.89. The number of halogens is 1. The summed E-state index contributed by atoms with van der Waals surface area (Å²) in [6.45, 7) is 1.44. The third-order valence-corrected chi connectivity index (χ3v) is 3.00. The Labute approximate surface area is 100 Å². The molecule has 1 amide bonds. The van der Waals surface area contributed by atoms with Crippen molar-refractivity contribution in [2.24, 2.45) is 0 Å². The Bertz CT molecular complexity index is 414. The van der Waals surface area contributed by atoms with E-state index in [0.29, 0.717) is 17.4 Å². The summed E-state index contributed by atoms with van der Waals surface area (Å²) in [5.74, 6) is -0.422. The minimum absolute atomic E-state index is 0.150. The van der Waals surface area contributed by atoms with Gasteiger partial charge in [0.1, 0.15) is 5.82 Å². The molecule has 0 radical (unpaired) electrons. The van der Waals surface area contributed by atoms with Crippen LogP contribution in [0.4, 0.5) is 15.8 Å². The van der Waals surface area contributed by atoms with Crippen molar-refractivity contribution < 1.29 is 9.18 Å². The SMILES string of the molecule is CC(=O)Nc1ccc(F)c(NC2CCCC2)c1. The second kappa shape index (κ2) is 5.17. The third kappa shape index (κ3) is 3.19. The highest BCUT2D eigenvalue weighted by Gasteiger charge is 2.16. The highest BCUT2D eigenvalue weighted by Crippen LogP contribution is 2.25. The first-order valence-electron chi connectivity index (χ1n) is 5.99. The summed E-state index contributed by atoms with van der Waals surface area (Å²) in [6, 6.07) is 4.95. The van der Waals surface area contributed by atoms with Gasteiger partial charge in [-0.1, -0.05) is 12.8 Å². The van der Waals surface area contributed by atoms with Gasteiger partial charge >= 0.3 is 0 Å². The van der Waals surface area contributed by atoms with Gasteiger partial charge in [0.2, 0.25) is 5.91 Å². The molecule has 1 aromatic carbocycles. The van der Waals surface area contributed by atoms with Crippen LogP contribution in [0.5, 0.6) is 0 Å². The summed E-state index contributed by atoms with van der Waals surface area (Å²) in [5.41, 5.74) is 1.10. The van der Waals surface area contributed by atoms with Crippen LogP contribution in [0.3, 0.4) is 0 Å². The van der Waals surface area contributed by atoms with Crippen LogP contribution in [-0.4, -0.2) is 11.9 Å². The molecular weight excluding hydrogens is 219 g/mol. The van der Waals surface area contributed by atoms with Crippen LogP contribution in [0.15, 0.2) is 18.2 Å². The first kappa shape index (κ1) is 11.9. The lowest BCUT2D eigenvalue weighted by Crippen LogP contribution is -2.16. The number of amides is 1. The number of carbonyl (C=O) groups is 1. The van der Waals surface area contributed by atoms with Crippen molar-refractivity contribution in [2.75, 3.05) is 10.6 Å². The predicted octanol–water partition coefficient (Wildman–Crippen LogP) is 3.14. The average Bonchev–Trinajstić information content (AvgIpc) is 2.75. The molecule has 17 heavy (non-hydrogen) atoms. The number of hydrogen-bond acceptors (Lipinski definition) is 2. The van der Waals surface area contributed by atoms with Gasteiger partial charge in [-0.05, 0) is 31.0 Å². The van der Waals surface area contributed by atoms with E-state index in [1.807, 2.05) is 0 Å². The van der Waals surface area contributed by atoms with Gasteiger partial charge in [0.15, 0.2) is 0 Å². The molecule has 1 aromatic rings. The molecule has 0 saturated heterocycles. The van der Waals surface area contributed by atoms with Crippen molar-refractivity contribution in [2.45, 2.75) is 38.6 Å². The second-order valence-corrected chi connectivity index (χ2v) is 4.50. The van der Waals surface area contributed by atoms with E-state index < -0.39 is 0 Å². The monoisotopic (exact) mass is 236 g/mol. The van der Waals surface area contributed by atoms with Crippen molar-refractivity contribution >= 4 is 17.3 Å². The van der Waals surface area contributed by atoms with Gasteiger partial charge in [-0.3, -0.25) is 4.79 Å². The van der Waals surface area contributed by atoms with Crippen LogP contribution < -0.4 is 10.6 Å². The van der Waals surface area contributed by atoms with Crippen LogP contribution in [-0.2, 0) is 4.79 Å². The maximum Gasteiger partial charge on any atom is 0.221 e. The number of nitrogens with one attached hydrogen (secondary N) is 2. The molecule has 0 bridgehead atoms. The zero-order valence-electron chi connectivity index (χ0n) is 9.92. The second-order valence-electron chi connectivity index (χ2n) is 4.50. The first-order valence-corrected chi connectivity index (χ1v) is 5.99. The van der Waals surface area contributed by atoms with E-state index in [1.165, 1.54) is 25.8 Å².